The first kappa shape index (κ1) is 18.1. The van der Waals surface area contributed by atoms with Gasteiger partial charge in [-0.15, -0.1) is 0 Å². The van der Waals surface area contributed by atoms with Gasteiger partial charge in [0.25, 0.3) is 11.6 Å². The highest BCUT2D eigenvalue weighted by Crippen LogP contribution is 2.24. The van der Waals surface area contributed by atoms with E-state index in [-0.39, 0.29) is 11.3 Å². The lowest BCUT2D eigenvalue weighted by molar-refractivity contribution is -0.385. The largest absolute Gasteiger partial charge is 0.370 e. The van der Waals surface area contributed by atoms with Crippen LogP contribution in [-0.4, -0.2) is 35.4 Å². The Morgan fingerprint density at radius 3 is 2.77 bits per heavy atom. The zero-order chi connectivity index (χ0) is 18.5. The molecule has 0 atom stereocenters. The molecule has 7 nitrogen and oxygen atoms in total. The number of hydrogen-bond acceptors (Lipinski definition) is 5. The number of nitro groups is 1. The van der Waals surface area contributed by atoms with Crippen LogP contribution < -0.4 is 10.2 Å². The summed E-state index contributed by atoms with van der Waals surface area (Å²) in [5.74, 6) is -0.126. The summed E-state index contributed by atoms with van der Waals surface area (Å²) in [5, 5.41) is 14.2. The number of nitrogens with zero attached hydrogens (tertiary/aromatic N) is 3. The molecule has 0 radical (unpaired) electrons. The van der Waals surface area contributed by atoms with Gasteiger partial charge in [-0.25, -0.2) is 0 Å². The van der Waals surface area contributed by atoms with E-state index in [2.05, 4.69) is 15.2 Å². The molecule has 0 unspecified atom stereocenters. The first-order valence-electron chi connectivity index (χ1n) is 8.41. The number of aromatic nitrogens is 1. The van der Waals surface area contributed by atoms with Crippen molar-refractivity contribution in [3.05, 3.63) is 63.4 Å². The molecule has 1 amide bonds. The van der Waals surface area contributed by atoms with E-state index in [1.54, 1.807) is 6.20 Å². The third-order valence-corrected chi connectivity index (χ3v) is 4.81. The Morgan fingerprint density at radius 2 is 2.12 bits per heavy atom. The number of pyridine rings is 1. The first-order chi connectivity index (χ1) is 12.5. The second-order valence-corrected chi connectivity index (χ2v) is 6.71. The average Bonchev–Trinajstić information content (AvgIpc) is 2.67. The van der Waals surface area contributed by atoms with E-state index < -0.39 is 10.8 Å². The zero-order valence-corrected chi connectivity index (χ0v) is 14.9. The molecule has 0 bridgehead atoms. The molecule has 3 rings (SSSR count). The number of carbonyl (C=O) groups excluding carboxylic acids is 1. The summed E-state index contributed by atoms with van der Waals surface area (Å²) in [4.78, 5) is 29.3. The number of rotatable bonds is 5. The summed E-state index contributed by atoms with van der Waals surface area (Å²) in [7, 11) is 0. The van der Waals surface area contributed by atoms with E-state index in [1.165, 1.54) is 18.2 Å². The number of nitro benzene ring substituents is 1. The van der Waals surface area contributed by atoms with Gasteiger partial charge in [0, 0.05) is 36.9 Å². The minimum atomic E-state index is -0.572. The number of anilines is 1. The number of halogens is 1. The van der Waals surface area contributed by atoms with Crippen LogP contribution in [0.25, 0.3) is 0 Å². The molecule has 0 saturated carbocycles. The van der Waals surface area contributed by atoms with Gasteiger partial charge in [0.15, 0.2) is 0 Å². The topological polar surface area (TPSA) is 88.4 Å². The molecule has 1 saturated heterocycles. The monoisotopic (exact) mass is 374 g/mol. The van der Waals surface area contributed by atoms with Crippen molar-refractivity contribution in [3.8, 4) is 0 Å². The van der Waals surface area contributed by atoms with Crippen LogP contribution in [-0.2, 0) is 0 Å². The summed E-state index contributed by atoms with van der Waals surface area (Å²) in [6, 6.07) is 7.95. The Bertz CT molecular complexity index is 792. The zero-order valence-electron chi connectivity index (χ0n) is 14.1. The minimum absolute atomic E-state index is 0.00436. The molecule has 1 aliphatic rings. The fourth-order valence-electron chi connectivity index (χ4n) is 3.12. The second-order valence-electron chi connectivity index (χ2n) is 6.27. The van der Waals surface area contributed by atoms with Crippen molar-refractivity contribution in [1.29, 1.82) is 0 Å². The maximum atomic E-state index is 12.4. The van der Waals surface area contributed by atoms with Gasteiger partial charge in [0.05, 0.1) is 16.8 Å². The minimum Gasteiger partial charge on any atom is -0.370 e. The van der Waals surface area contributed by atoms with Crippen LogP contribution in [0.2, 0.25) is 5.02 Å². The van der Waals surface area contributed by atoms with Crippen molar-refractivity contribution in [2.45, 2.75) is 12.8 Å². The van der Waals surface area contributed by atoms with Crippen molar-refractivity contribution in [2.75, 3.05) is 24.5 Å². The van der Waals surface area contributed by atoms with Gasteiger partial charge in [0.2, 0.25) is 0 Å². The SMILES string of the molecule is O=C(NCC1CCN(c2cccnc2)CC1)c1cc(Cl)ccc1[N+](=O)[O-]. The summed E-state index contributed by atoms with van der Waals surface area (Å²) in [5.41, 5.74) is 0.859. The number of carbonyl (C=O) groups is 1. The molecule has 1 fully saturated rings. The molecule has 1 aromatic carbocycles. The molecule has 2 aromatic rings. The van der Waals surface area contributed by atoms with E-state index in [4.69, 9.17) is 11.6 Å². The maximum absolute atomic E-state index is 12.4. The summed E-state index contributed by atoms with van der Waals surface area (Å²) < 4.78 is 0. The van der Waals surface area contributed by atoms with Crippen molar-refractivity contribution in [1.82, 2.24) is 10.3 Å². The lowest BCUT2D eigenvalue weighted by atomic mass is 9.96. The average molecular weight is 375 g/mol. The molecule has 8 heteroatoms. The number of benzene rings is 1. The third kappa shape index (κ3) is 4.29. The number of hydrogen-bond donors (Lipinski definition) is 1. The van der Waals surface area contributed by atoms with Crippen molar-refractivity contribution >= 4 is 28.9 Å². The molecular formula is C18H19ClN4O3. The number of amides is 1. The predicted octanol–water partition coefficient (Wildman–Crippen LogP) is 3.29. The molecule has 26 heavy (non-hydrogen) atoms. The van der Waals surface area contributed by atoms with Crippen LogP contribution in [0.3, 0.4) is 0 Å². The van der Waals surface area contributed by atoms with Crippen LogP contribution in [0.15, 0.2) is 42.7 Å². The Labute approximate surface area is 156 Å². The van der Waals surface area contributed by atoms with Gasteiger partial charge in [-0.2, -0.15) is 0 Å². The quantitative estimate of drug-likeness (QED) is 0.640. The van der Waals surface area contributed by atoms with Crippen LogP contribution in [0.1, 0.15) is 23.2 Å². The lowest BCUT2D eigenvalue weighted by Crippen LogP contribution is -2.38. The molecule has 2 heterocycles. The normalized spacial score (nSPS) is 14.9. The lowest BCUT2D eigenvalue weighted by Gasteiger charge is -2.33. The fraction of sp³-hybridized carbons (Fsp3) is 0.333. The Balaban J connectivity index is 1.55. The highest BCUT2D eigenvalue weighted by molar-refractivity contribution is 6.31. The van der Waals surface area contributed by atoms with Crippen LogP contribution in [0.5, 0.6) is 0 Å². The standard InChI is InChI=1S/C18H19ClN4O3/c19-14-3-4-17(23(25)26)16(10-14)18(24)21-11-13-5-8-22(9-6-13)15-2-1-7-20-12-15/h1-4,7,10,12-13H,5-6,8-9,11H2,(H,21,24). The van der Waals surface area contributed by atoms with E-state index in [1.807, 2.05) is 18.3 Å². The summed E-state index contributed by atoms with van der Waals surface area (Å²) in [6.45, 7) is 2.27. The highest BCUT2D eigenvalue weighted by Gasteiger charge is 2.23. The van der Waals surface area contributed by atoms with Gasteiger partial charge in [-0.3, -0.25) is 19.9 Å². The van der Waals surface area contributed by atoms with E-state index in [0.717, 1.165) is 31.6 Å². The molecule has 1 aliphatic heterocycles. The van der Waals surface area contributed by atoms with E-state index in [9.17, 15) is 14.9 Å². The summed E-state index contributed by atoms with van der Waals surface area (Å²) >= 11 is 5.88. The summed E-state index contributed by atoms with van der Waals surface area (Å²) in [6.07, 6.45) is 5.47. The molecule has 1 N–H and O–H groups in total. The molecule has 136 valence electrons. The van der Waals surface area contributed by atoms with Crippen LogP contribution >= 0.6 is 11.6 Å². The van der Waals surface area contributed by atoms with E-state index >= 15 is 0 Å². The van der Waals surface area contributed by atoms with Gasteiger partial charge < -0.3 is 10.2 Å². The van der Waals surface area contributed by atoms with Crippen LogP contribution in [0.4, 0.5) is 11.4 Å². The smallest absolute Gasteiger partial charge is 0.282 e. The van der Waals surface area contributed by atoms with Crippen molar-refractivity contribution in [2.24, 2.45) is 5.92 Å². The van der Waals surface area contributed by atoms with Gasteiger partial charge in [0.1, 0.15) is 5.56 Å². The molecule has 0 spiro atoms. The number of piperidine rings is 1. The third-order valence-electron chi connectivity index (χ3n) is 4.58. The Morgan fingerprint density at radius 1 is 1.35 bits per heavy atom. The Hall–Kier alpha value is -2.67. The molecule has 1 aromatic heterocycles. The van der Waals surface area contributed by atoms with Gasteiger partial charge in [-0.05, 0) is 43.0 Å². The van der Waals surface area contributed by atoms with Crippen molar-refractivity contribution < 1.29 is 9.72 Å². The van der Waals surface area contributed by atoms with E-state index in [0.29, 0.717) is 17.5 Å². The number of nitrogens with one attached hydrogen (secondary N) is 1. The predicted molar refractivity (Wildman–Crippen MR) is 99.6 cm³/mol. The maximum Gasteiger partial charge on any atom is 0.282 e. The van der Waals surface area contributed by atoms with Gasteiger partial charge in [-0.1, -0.05) is 11.6 Å². The van der Waals surface area contributed by atoms with Crippen LogP contribution in [0, 0.1) is 16.0 Å². The molecular weight excluding hydrogens is 356 g/mol. The fourth-order valence-corrected chi connectivity index (χ4v) is 3.29. The Kier molecular flexibility index (Phi) is 5.68. The first-order valence-corrected chi connectivity index (χ1v) is 8.79. The highest BCUT2D eigenvalue weighted by atomic mass is 35.5. The van der Waals surface area contributed by atoms with Crippen molar-refractivity contribution in [3.63, 3.8) is 0 Å². The second kappa shape index (κ2) is 8.14. The van der Waals surface area contributed by atoms with Gasteiger partial charge >= 0.3 is 0 Å². The molecule has 0 aliphatic carbocycles.